The van der Waals surface area contributed by atoms with Gasteiger partial charge in [-0.3, -0.25) is 9.09 Å². The molecule has 6 N–H and O–H groups in total. The fourth-order valence-electron chi connectivity index (χ4n) is 2.27. The van der Waals surface area contributed by atoms with E-state index in [4.69, 9.17) is 19.6 Å². The number of hydrogen-bond donors (Lipinski definition) is 6. The summed E-state index contributed by atoms with van der Waals surface area (Å²) in [7, 11) is -3.48. The lowest BCUT2D eigenvalue weighted by Gasteiger charge is -2.18. The number of rotatable bonds is 6. The molecule has 1 fully saturated rings. The van der Waals surface area contributed by atoms with E-state index in [-0.39, 0.29) is 11.4 Å². The maximum atomic E-state index is 12.0. The van der Waals surface area contributed by atoms with Gasteiger partial charge in [-0.05, 0) is 0 Å². The molecule has 0 bridgehead atoms. The molecular formula is C11H16N3O10P. The molecule has 1 aliphatic rings. The highest BCUT2D eigenvalue weighted by atomic mass is 31.2. The first kappa shape index (κ1) is 19.5. The van der Waals surface area contributed by atoms with Crippen molar-refractivity contribution in [2.75, 3.05) is 19.0 Å². The zero-order chi connectivity index (χ0) is 18.9. The van der Waals surface area contributed by atoms with Crippen LogP contribution in [-0.2, 0) is 13.8 Å². The third-order valence-electron chi connectivity index (χ3n) is 3.44. The van der Waals surface area contributed by atoms with Crippen molar-refractivity contribution < 1.29 is 43.7 Å². The number of aromatic carboxylic acids is 1. The molecule has 14 heteroatoms. The topological polar surface area (TPSA) is 201 Å². The minimum Gasteiger partial charge on any atom is -0.478 e. The molecule has 1 aromatic heterocycles. The Morgan fingerprint density at radius 3 is 2.60 bits per heavy atom. The Morgan fingerprint density at radius 1 is 1.44 bits per heavy atom. The van der Waals surface area contributed by atoms with Crippen LogP contribution in [0.4, 0.5) is 5.82 Å². The summed E-state index contributed by atoms with van der Waals surface area (Å²) in [6.45, 7) is -0.762. The van der Waals surface area contributed by atoms with Crippen LogP contribution in [0.15, 0.2) is 11.0 Å². The number of carboxylic acids is 1. The molecule has 1 aromatic rings. The molecule has 140 valence electrons. The third-order valence-corrected chi connectivity index (χ3v) is 3.92. The summed E-state index contributed by atoms with van der Waals surface area (Å²) in [5.41, 5.74) is -1.36. The second kappa shape index (κ2) is 7.17. The molecule has 25 heavy (non-hydrogen) atoms. The number of aliphatic hydroxyl groups excluding tert-OH is 2. The van der Waals surface area contributed by atoms with Gasteiger partial charge in [0.05, 0.1) is 6.61 Å². The van der Waals surface area contributed by atoms with Gasteiger partial charge in [0.2, 0.25) is 0 Å². The lowest BCUT2D eigenvalue weighted by molar-refractivity contribution is -0.0543. The van der Waals surface area contributed by atoms with E-state index in [1.54, 1.807) is 0 Å². The second-order valence-electron chi connectivity index (χ2n) is 5.08. The number of ether oxygens (including phenoxy) is 1. The van der Waals surface area contributed by atoms with E-state index in [1.807, 2.05) is 0 Å². The van der Waals surface area contributed by atoms with Crippen molar-refractivity contribution in [3.05, 3.63) is 22.2 Å². The van der Waals surface area contributed by atoms with Gasteiger partial charge < -0.3 is 35.2 Å². The maximum absolute atomic E-state index is 12.0. The zero-order valence-corrected chi connectivity index (χ0v) is 13.6. The summed E-state index contributed by atoms with van der Waals surface area (Å²) >= 11 is 0. The summed E-state index contributed by atoms with van der Waals surface area (Å²) in [6.07, 6.45) is -5.34. The minimum absolute atomic E-state index is 0.205. The van der Waals surface area contributed by atoms with E-state index in [2.05, 4.69) is 14.8 Å². The number of anilines is 1. The Kier molecular flexibility index (Phi) is 5.58. The molecule has 0 aliphatic carbocycles. The van der Waals surface area contributed by atoms with Gasteiger partial charge in [-0.15, -0.1) is 0 Å². The fourth-order valence-corrected chi connectivity index (χ4v) is 2.61. The van der Waals surface area contributed by atoms with Crippen molar-refractivity contribution in [2.45, 2.75) is 24.5 Å². The summed E-state index contributed by atoms with van der Waals surface area (Å²) < 4.78 is 20.8. The number of nitrogens with one attached hydrogen (secondary N) is 1. The van der Waals surface area contributed by atoms with Crippen LogP contribution in [0.2, 0.25) is 0 Å². The number of phosphoric ester groups is 1. The van der Waals surface area contributed by atoms with Gasteiger partial charge in [0.15, 0.2) is 6.23 Å². The number of aliphatic hydroxyl groups is 2. The monoisotopic (exact) mass is 381 g/mol. The van der Waals surface area contributed by atoms with Crippen LogP contribution in [0.5, 0.6) is 0 Å². The van der Waals surface area contributed by atoms with Crippen molar-refractivity contribution in [3.8, 4) is 0 Å². The van der Waals surface area contributed by atoms with Crippen LogP contribution in [-0.4, -0.2) is 72.6 Å². The molecular weight excluding hydrogens is 365 g/mol. The maximum Gasteiger partial charge on any atom is 0.469 e. The Bertz CT molecular complexity index is 761. The van der Waals surface area contributed by atoms with E-state index in [0.29, 0.717) is 4.57 Å². The Labute approximate surface area is 139 Å². The minimum atomic E-state index is -4.84. The first-order valence-corrected chi connectivity index (χ1v) is 8.34. The second-order valence-corrected chi connectivity index (χ2v) is 6.32. The standard InChI is InChI=1S/C11H16N3O10P/c1-12-8-4(10(17)18)2-14(11(19)13-8)9-7(16)6(15)5(24-9)3-23-25(20,21)22/h2,5-7,9,15-16H,3H2,1H3,(H,17,18)(H,12,13,19)(H2,20,21,22)/t5-,6-,7-,9-/m1/s1. The van der Waals surface area contributed by atoms with Crippen LogP contribution >= 0.6 is 7.82 Å². The number of phosphoric acid groups is 1. The van der Waals surface area contributed by atoms with E-state index < -0.39 is 50.6 Å². The highest BCUT2D eigenvalue weighted by Gasteiger charge is 2.45. The number of carbonyl (C=O) groups is 1. The fraction of sp³-hybridized carbons (Fsp3) is 0.545. The molecule has 0 spiro atoms. The van der Waals surface area contributed by atoms with Gasteiger partial charge in [0, 0.05) is 13.2 Å². The molecule has 0 aromatic carbocycles. The summed E-state index contributed by atoms with van der Waals surface area (Å²) in [4.78, 5) is 44.1. The summed E-state index contributed by atoms with van der Waals surface area (Å²) in [6, 6.07) is 0. The van der Waals surface area contributed by atoms with Crippen molar-refractivity contribution in [1.82, 2.24) is 9.55 Å². The van der Waals surface area contributed by atoms with E-state index >= 15 is 0 Å². The summed E-state index contributed by atoms with van der Waals surface area (Å²) in [5.74, 6) is -1.61. The Balaban J connectivity index is 2.32. The van der Waals surface area contributed by atoms with Gasteiger partial charge >= 0.3 is 19.5 Å². The highest BCUT2D eigenvalue weighted by molar-refractivity contribution is 7.46. The number of nitrogens with zero attached hydrogens (tertiary/aromatic N) is 2. The predicted octanol–water partition coefficient (Wildman–Crippen LogP) is -2.29. The van der Waals surface area contributed by atoms with Crippen molar-refractivity contribution in [3.63, 3.8) is 0 Å². The van der Waals surface area contributed by atoms with Crippen LogP contribution in [0, 0.1) is 0 Å². The summed E-state index contributed by atoms with van der Waals surface area (Å²) in [5, 5.41) is 31.5. The van der Waals surface area contributed by atoms with Gasteiger partial charge in [-0.1, -0.05) is 0 Å². The molecule has 0 unspecified atom stereocenters. The molecule has 13 nitrogen and oxygen atoms in total. The van der Waals surface area contributed by atoms with Gasteiger partial charge in [0.1, 0.15) is 29.7 Å². The van der Waals surface area contributed by atoms with E-state index in [0.717, 1.165) is 6.20 Å². The molecule has 1 aliphatic heterocycles. The molecule has 0 saturated carbocycles. The number of hydrogen-bond acceptors (Lipinski definition) is 9. The Hall–Kier alpha value is -1.86. The van der Waals surface area contributed by atoms with E-state index in [1.165, 1.54) is 7.05 Å². The molecule has 0 radical (unpaired) electrons. The van der Waals surface area contributed by atoms with Crippen LogP contribution in [0.3, 0.4) is 0 Å². The normalized spacial score (nSPS) is 26.6. The van der Waals surface area contributed by atoms with Crippen molar-refractivity contribution >= 4 is 19.6 Å². The van der Waals surface area contributed by atoms with E-state index in [9.17, 15) is 24.4 Å². The highest BCUT2D eigenvalue weighted by Crippen LogP contribution is 2.38. The Morgan fingerprint density at radius 2 is 2.08 bits per heavy atom. The quantitative estimate of drug-likeness (QED) is 0.289. The van der Waals surface area contributed by atoms with Crippen LogP contribution in [0.25, 0.3) is 0 Å². The number of carboxylic acid groups (broad SMARTS) is 1. The first-order valence-electron chi connectivity index (χ1n) is 6.81. The molecule has 2 rings (SSSR count). The lowest BCUT2D eigenvalue weighted by atomic mass is 10.1. The molecule has 4 atom stereocenters. The smallest absolute Gasteiger partial charge is 0.469 e. The van der Waals surface area contributed by atoms with Crippen LogP contribution in [0.1, 0.15) is 16.6 Å². The average Bonchev–Trinajstić information content (AvgIpc) is 2.79. The van der Waals surface area contributed by atoms with Crippen molar-refractivity contribution in [1.29, 1.82) is 0 Å². The predicted molar refractivity (Wildman–Crippen MR) is 78.9 cm³/mol. The van der Waals surface area contributed by atoms with Gasteiger partial charge in [-0.25, -0.2) is 14.2 Å². The largest absolute Gasteiger partial charge is 0.478 e. The van der Waals surface area contributed by atoms with Crippen LogP contribution < -0.4 is 11.0 Å². The van der Waals surface area contributed by atoms with Gasteiger partial charge in [0.25, 0.3) is 0 Å². The first-order chi connectivity index (χ1) is 11.5. The third kappa shape index (κ3) is 4.22. The van der Waals surface area contributed by atoms with Crippen molar-refractivity contribution in [2.24, 2.45) is 0 Å². The lowest BCUT2D eigenvalue weighted by Crippen LogP contribution is -2.36. The zero-order valence-electron chi connectivity index (χ0n) is 12.7. The SMILES string of the molecule is CNc1nc(=O)n([C@@H]2O[C@H](COP(=O)(O)O)[C@@H](O)[C@H]2O)cc1C(=O)O. The number of aromatic nitrogens is 2. The molecule has 0 amide bonds. The average molecular weight is 381 g/mol. The molecule has 1 saturated heterocycles. The van der Waals surface area contributed by atoms with Gasteiger partial charge in [-0.2, -0.15) is 4.98 Å². The molecule has 2 heterocycles.